The summed E-state index contributed by atoms with van der Waals surface area (Å²) in [5.74, 6) is -0.176. The second kappa shape index (κ2) is 6.27. The van der Waals surface area contributed by atoms with Crippen LogP contribution in [0.15, 0.2) is 59.3 Å². The molecule has 25 heavy (non-hydrogen) atoms. The maximum Gasteiger partial charge on any atom is 0.295 e. The number of oxazole rings is 1. The van der Waals surface area contributed by atoms with Crippen molar-refractivity contribution < 1.29 is 9.21 Å². The number of para-hydroxylation sites is 2. The molecule has 0 bridgehead atoms. The van der Waals surface area contributed by atoms with Gasteiger partial charge in [-0.2, -0.15) is 4.98 Å². The summed E-state index contributed by atoms with van der Waals surface area (Å²) in [4.78, 5) is 21.0. The number of carbonyl (C=O) groups is 1. The highest BCUT2D eigenvalue weighted by molar-refractivity contribution is 5.93. The number of nitrogens with zero attached hydrogens (tertiary/aromatic N) is 3. The largest absolute Gasteiger partial charge is 0.424 e. The van der Waals surface area contributed by atoms with E-state index >= 15 is 0 Å². The molecular weight excluding hydrogens is 318 g/mol. The fourth-order valence-corrected chi connectivity index (χ4v) is 2.63. The maximum atomic E-state index is 12.4. The molecule has 0 aliphatic carbocycles. The number of hydrogen-bond donors (Lipinski definition) is 2. The predicted molar refractivity (Wildman–Crippen MR) is 94.6 cm³/mol. The van der Waals surface area contributed by atoms with Crippen LogP contribution in [0.4, 0.5) is 6.01 Å². The average Bonchev–Trinajstić information content (AvgIpc) is 3.23. The maximum absolute atomic E-state index is 12.4. The fraction of sp³-hybridized carbons (Fsp3) is 0.167. The molecule has 1 amide bonds. The lowest BCUT2D eigenvalue weighted by molar-refractivity contribution is 0.0946. The Bertz CT molecular complexity index is 1000. The third-order valence-corrected chi connectivity index (χ3v) is 3.88. The Hall–Kier alpha value is -3.35. The van der Waals surface area contributed by atoms with Crippen LogP contribution in [0.2, 0.25) is 0 Å². The highest BCUT2D eigenvalue weighted by atomic mass is 16.4. The van der Waals surface area contributed by atoms with Gasteiger partial charge in [-0.3, -0.25) is 9.20 Å². The summed E-state index contributed by atoms with van der Waals surface area (Å²) >= 11 is 0. The van der Waals surface area contributed by atoms with Gasteiger partial charge in [-0.05, 0) is 31.2 Å². The molecule has 1 unspecified atom stereocenters. The Morgan fingerprint density at radius 1 is 1.24 bits per heavy atom. The molecule has 0 spiro atoms. The number of nitrogens with one attached hydrogen (secondary N) is 2. The van der Waals surface area contributed by atoms with Gasteiger partial charge in [-0.1, -0.05) is 18.2 Å². The summed E-state index contributed by atoms with van der Waals surface area (Å²) in [5.41, 5.74) is 2.77. The lowest BCUT2D eigenvalue weighted by Gasteiger charge is -2.13. The Balaban J connectivity index is 1.39. The van der Waals surface area contributed by atoms with Crippen LogP contribution in [0.1, 0.15) is 17.4 Å². The first kappa shape index (κ1) is 15.2. The highest BCUT2D eigenvalue weighted by Gasteiger charge is 2.14. The van der Waals surface area contributed by atoms with Crippen LogP contribution in [0.25, 0.3) is 16.7 Å². The number of rotatable bonds is 5. The monoisotopic (exact) mass is 335 g/mol. The summed E-state index contributed by atoms with van der Waals surface area (Å²) < 4.78 is 7.38. The third kappa shape index (κ3) is 3.03. The van der Waals surface area contributed by atoms with Crippen molar-refractivity contribution in [1.29, 1.82) is 0 Å². The lowest BCUT2D eigenvalue weighted by Crippen LogP contribution is -2.35. The molecule has 1 aromatic carbocycles. The van der Waals surface area contributed by atoms with E-state index in [4.69, 9.17) is 4.42 Å². The minimum Gasteiger partial charge on any atom is -0.424 e. The first-order valence-corrected chi connectivity index (χ1v) is 8.03. The van der Waals surface area contributed by atoms with Gasteiger partial charge in [0.1, 0.15) is 16.9 Å². The van der Waals surface area contributed by atoms with Gasteiger partial charge in [0.2, 0.25) is 0 Å². The minimum atomic E-state index is -0.176. The first-order chi connectivity index (χ1) is 12.2. The summed E-state index contributed by atoms with van der Waals surface area (Å²) in [7, 11) is 0. The van der Waals surface area contributed by atoms with Crippen LogP contribution in [0, 0.1) is 0 Å². The van der Waals surface area contributed by atoms with Crippen LogP contribution in [0.3, 0.4) is 0 Å². The predicted octanol–water partition coefficient (Wildman–Crippen LogP) is 2.71. The zero-order valence-electron chi connectivity index (χ0n) is 13.6. The van der Waals surface area contributed by atoms with Gasteiger partial charge in [0.15, 0.2) is 5.58 Å². The van der Waals surface area contributed by atoms with E-state index in [0.29, 0.717) is 18.3 Å². The Labute approximate surface area is 143 Å². The van der Waals surface area contributed by atoms with Gasteiger partial charge in [-0.25, -0.2) is 4.98 Å². The van der Waals surface area contributed by atoms with Crippen LogP contribution in [-0.2, 0) is 0 Å². The van der Waals surface area contributed by atoms with Crippen molar-refractivity contribution in [2.24, 2.45) is 0 Å². The molecule has 4 aromatic rings. The number of imidazole rings is 1. The smallest absolute Gasteiger partial charge is 0.295 e. The number of carbonyl (C=O) groups excluding carboxylic acids is 1. The van der Waals surface area contributed by atoms with Crippen molar-refractivity contribution in [3.05, 3.63) is 60.6 Å². The molecule has 3 heterocycles. The molecule has 0 aliphatic heterocycles. The highest BCUT2D eigenvalue weighted by Crippen LogP contribution is 2.18. The molecule has 3 aromatic heterocycles. The Morgan fingerprint density at radius 2 is 2.08 bits per heavy atom. The van der Waals surface area contributed by atoms with Gasteiger partial charge in [0.25, 0.3) is 11.9 Å². The van der Waals surface area contributed by atoms with E-state index in [1.807, 2.05) is 55.6 Å². The standard InChI is InChI=1S/C18H17N5O2/c1-12(21-18-22-13-6-2-3-7-15(13)25-18)10-20-17(24)14-11-19-16-8-4-5-9-23(14)16/h2-9,11-12H,10H2,1H3,(H,20,24)(H,21,22). The third-order valence-electron chi connectivity index (χ3n) is 3.88. The van der Waals surface area contributed by atoms with E-state index < -0.39 is 0 Å². The van der Waals surface area contributed by atoms with E-state index in [9.17, 15) is 4.79 Å². The molecular formula is C18H17N5O2. The Kier molecular flexibility index (Phi) is 3.81. The molecule has 0 fully saturated rings. The summed E-state index contributed by atoms with van der Waals surface area (Å²) in [6.07, 6.45) is 3.39. The number of benzene rings is 1. The molecule has 2 N–H and O–H groups in total. The number of pyridine rings is 1. The van der Waals surface area contributed by atoms with Crippen LogP contribution >= 0.6 is 0 Å². The molecule has 0 aliphatic rings. The summed E-state index contributed by atoms with van der Waals surface area (Å²) in [6.45, 7) is 2.38. The molecule has 4 rings (SSSR count). The molecule has 7 nitrogen and oxygen atoms in total. The van der Waals surface area contributed by atoms with Crippen molar-refractivity contribution >= 4 is 28.7 Å². The van der Waals surface area contributed by atoms with Crippen molar-refractivity contribution in [1.82, 2.24) is 19.7 Å². The molecule has 1 atom stereocenters. The summed E-state index contributed by atoms with van der Waals surface area (Å²) in [5, 5.41) is 6.05. The van der Waals surface area contributed by atoms with Crippen molar-refractivity contribution in [3.63, 3.8) is 0 Å². The van der Waals surface area contributed by atoms with Crippen LogP contribution in [-0.4, -0.2) is 32.9 Å². The Morgan fingerprint density at radius 3 is 2.96 bits per heavy atom. The fourth-order valence-electron chi connectivity index (χ4n) is 2.63. The van der Waals surface area contributed by atoms with E-state index in [2.05, 4.69) is 20.6 Å². The van der Waals surface area contributed by atoms with Crippen LogP contribution in [0.5, 0.6) is 0 Å². The number of anilines is 1. The van der Waals surface area contributed by atoms with Gasteiger partial charge in [0.05, 0.1) is 6.20 Å². The molecule has 126 valence electrons. The quantitative estimate of drug-likeness (QED) is 0.586. The molecule has 0 radical (unpaired) electrons. The lowest BCUT2D eigenvalue weighted by atomic mass is 10.3. The van der Waals surface area contributed by atoms with E-state index in [1.165, 1.54) is 0 Å². The van der Waals surface area contributed by atoms with Gasteiger partial charge < -0.3 is 15.1 Å². The van der Waals surface area contributed by atoms with Crippen molar-refractivity contribution in [3.8, 4) is 0 Å². The van der Waals surface area contributed by atoms with Crippen molar-refractivity contribution in [2.75, 3.05) is 11.9 Å². The second-order valence-electron chi connectivity index (χ2n) is 5.81. The summed E-state index contributed by atoms with van der Waals surface area (Å²) in [6, 6.07) is 13.6. The molecule has 7 heteroatoms. The van der Waals surface area contributed by atoms with Crippen molar-refractivity contribution in [2.45, 2.75) is 13.0 Å². The zero-order valence-corrected chi connectivity index (χ0v) is 13.6. The normalized spacial score (nSPS) is 12.4. The average molecular weight is 335 g/mol. The van der Waals surface area contributed by atoms with E-state index in [1.54, 1.807) is 10.6 Å². The molecule has 0 saturated carbocycles. The van der Waals surface area contributed by atoms with E-state index in [0.717, 1.165) is 16.7 Å². The first-order valence-electron chi connectivity index (χ1n) is 8.03. The SMILES string of the molecule is CC(CNC(=O)c1cnc2ccccn12)Nc1nc2ccccc2o1. The number of fused-ring (bicyclic) bond motifs is 2. The van der Waals surface area contributed by atoms with Gasteiger partial charge >= 0.3 is 0 Å². The topological polar surface area (TPSA) is 84.5 Å². The number of amides is 1. The zero-order chi connectivity index (χ0) is 17.2. The van der Waals surface area contributed by atoms with Crippen LogP contribution < -0.4 is 10.6 Å². The van der Waals surface area contributed by atoms with E-state index in [-0.39, 0.29) is 11.9 Å². The number of hydrogen-bond acceptors (Lipinski definition) is 5. The van der Waals surface area contributed by atoms with Gasteiger partial charge in [-0.15, -0.1) is 0 Å². The second-order valence-corrected chi connectivity index (χ2v) is 5.81. The van der Waals surface area contributed by atoms with Gasteiger partial charge in [0, 0.05) is 18.8 Å². The number of aromatic nitrogens is 3. The molecule has 0 saturated heterocycles. The minimum absolute atomic E-state index is 0.0452.